The van der Waals surface area contributed by atoms with E-state index in [9.17, 15) is 8.42 Å². The van der Waals surface area contributed by atoms with Crippen LogP contribution >= 0.6 is 0 Å². The van der Waals surface area contributed by atoms with Crippen LogP contribution in [0.15, 0.2) is 17.3 Å². The standard InChI is InChI=1S/C14H26N4O2S/c1-13-7-3-5-9-18(13)10-6-4-8-16-21(19,20)14-11-15-17(2)12-14/h11-13,16H,3-10H2,1-2H3. The third kappa shape index (κ3) is 4.79. The number of aromatic nitrogens is 2. The van der Waals surface area contributed by atoms with E-state index in [1.54, 1.807) is 7.05 Å². The summed E-state index contributed by atoms with van der Waals surface area (Å²) in [7, 11) is -1.70. The first-order valence-corrected chi connectivity index (χ1v) is 9.20. The predicted molar refractivity (Wildman–Crippen MR) is 82.5 cm³/mol. The number of piperidine rings is 1. The van der Waals surface area contributed by atoms with Gasteiger partial charge in [0.2, 0.25) is 10.0 Å². The number of hydrogen-bond acceptors (Lipinski definition) is 4. The number of sulfonamides is 1. The normalized spacial score (nSPS) is 20.8. The molecule has 1 aliphatic heterocycles. The fourth-order valence-electron chi connectivity index (χ4n) is 2.76. The highest BCUT2D eigenvalue weighted by molar-refractivity contribution is 7.89. The van der Waals surface area contributed by atoms with Crippen LogP contribution in [0.1, 0.15) is 39.0 Å². The van der Waals surface area contributed by atoms with Crippen molar-refractivity contribution in [2.45, 2.75) is 50.0 Å². The van der Waals surface area contributed by atoms with E-state index >= 15 is 0 Å². The molecule has 21 heavy (non-hydrogen) atoms. The van der Waals surface area contributed by atoms with Gasteiger partial charge in [-0.25, -0.2) is 13.1 Å². The summed E-state index contributed by atoms with van der Waals surface area (Å²) in [6, 6.07) is 0.672. The number of nitrogens with one attached hydrogen (secondary N) is 1. The van der Waals surface area contributed by atoms with Gasteiger partial charge in [0.15, 0.2) is 0 Å². The Morgan fingerprint density at radius 3 is 2.86 bits per heavy atom. The fraction of sp³-hybridized carbons (Fsp3) is 0.786. The van der Waals surface area contributed by atoms with Crippen molar-refractivity contribution in [2.75, 3.05) is 19.6 Å². The highest BCUT2D eigenvalue weighted by atomic mass is 32.2. The molecular weight excluding hydrogens is 288 g/mol. The highest BCUT2D eigenvalue weighted by Gasteiger charge is 2.18. The van der Waals surface area contributed by atoms with E-state index in [2.05, 4.69) is 21.6 Å². The first-order chi connectivity index (χ1) is 9.99. The zero-order valence-corrected chi connectivity index (χ0v) is 13.8. The van der Waals surface area contributed by atoms with E-state index in [1.165, 1.54) is 42.9 Å². The van der Waals surface area contributed by atoms with Crippen molar-refractivity contribution in [2.24, 2.45) is 7.05 Å². The lowest BCUT2D eigenvalue weighted by Crippen LogP contribution is -2.38. The molecule has 1 saturated heterocycles. The maximum absolute atomic E-state index is 12.0. The zero-order valence-electron chi connectivity index (χ0n) is 13.0. The number of hydrogen-bond donors (Lipinski definition) is 1. The van der Waals surface area contributed by atoms with Gasteiger partial charge in [-0.15, -0.1) is 0 Å². The first-order valence-electron chi connectivity index (χ1n) is 7.71. The molecule has 0 spiro atoms. The van der Waals surface area contributed by atoms with Crippen LogP contribution in [0.25, 0.3) is 0 Å². The Morgan fingerprint density at radius 1 is 1.38 bits per heavy atom. The fourth-order valence-corrected chi connectivity index (χ4v) is 3.81. The van der Waals surface area contributed by atoms with Crippen molar-refractivity contribution in [3.05, 3.63) is 12.4 Å². The average Bonchev–Trinajstić information content (AvgIpc) is 2.88. The lowest BCUT2D eigenvalue weighted by molar-refractivity contribution is 0.158. The van der Waals surface area contributed by atoms with Crippen LogP contribution < -0.4 is 4.72 Å². The van der Waals surface area contributed by atoms with Gasteiger partial charge in [-0.2, -0.15) is 5.10 Å². The minimum atomic E-state index is -3.40. The number of unbranched alkanes of at least 4 members (excludes halogenated alkanes) is 1. The predicted octanol–water partition coefficient (Wildman–Crippen LogP) is 1.35. The van der Waals surface area contributed by atoms with Crippen LogP contribution in [0, 0.1) is 0 Å². The topological polar surface area (TPSA) is 67.2 Å². The van der Waals surface area contributed by atoms with Crippen LogP contribution in [0.5, 0.6) is 0 Å². The van der Waals surface area contributed by atoms with Crippen LogP contribution in [0.3, 0.4) is 0 Å². The molecule has 120 valence electrons. The van der Waals surface area contributed by atoms with E-state index < -0.39 is 10.0 Å². The summed E-state index contributed by atoms with van der Waals surface area (Å²) >= 11 is 0. The van der Waals surface area contributed by atoms with Gasteiger partial charge in [0.25, 0.3) is 0 Å². The van der Waals surface area contributed by atoms with Crippen molar-refractivity contribution in [3.63, 3.8) is 0 Å². The van der Waals surface area contributed by atoms with Gasteiger partial charge in [-0.1, -0.05) is 6.42 Å². The molecule has 6 nitrogen and oxygen atoms in total. The smallest absolute Gasteiger partial charge is 0.243 e. The number of aryl methyl sites for hydroxylation is 1. The molecule has 1 aromatic heterocycles. The molecule has 0 amide bonds. The third-order valence-corrected chi connectivity index (χ3v) is 5.51. The largest absolute Gasteiger partial charge is 0.301 e. The summed E-state index contributed by atoms with van der Waals surface area (Å²) in [4.78, 5) is 2.74. The molecular formula is C14H26N4O2S. The van der Waals surface area contributed by atoms with Crippen molar-refractivity contribution in [1.29, 1.82) is 0 Å². The minimum Gasteiger partial charge on any atom is -0.301 e. The van der Waals surface area contributed by atoms with Crippen LogP contribution in [0.2, 0.25) is 0 Å². The molecule has 0 radical (unpaired) electrons. The molecule has 0 aliphatic carbocycles. The maximum Gasteiger partial charge on any atom is 0.243 e. The Labute approximate surface area is 127 Å². The van der Waals surface area contributed by atoms with Crippen molar-refractivity contribution >= 4 is 10.0 Å². The van der Waals surface area contributed by atoms with E-state index in [-0.39, 0.29) is 4.90 Å². The van der Waals surface area contributed by atoms with E-state index in [4.69, 9.17) is 0 Å². The summed E-state index contributed by atoms with van der Waals surface area (Å²) < 4.78 is 28.1. The molecule has 0 bridgehead atoms. The molecule has 0 saturated carbocycles. The summed E-state index contributed by atoms with van der Waals surface area (Å²) in [6.07, 6.45) is 8.69. The quantitative estimate of drug-likeness (QED) is 0.772. The molecule has 2 heterocycles. The molecule has 1 N–H and O–H groups in total. The van der Waals surface area contributed by atoms with Gasteiger partial charge in [0, 0.05) is 25.8 Å². The molecule has 2 rings (SSSR count). The van der Waals surface area contributed by atoms with E-state index in [0.29, 0.717) is 12.6 Å². The Morgan fingerprint density at radius 2 is 2.19 bits per heavy atom. The van der Waals surface area contributed by atoms with Crippen LogP contribution in [-0.2, 0) is 17.1 Å². The second-order valence-corrected chi connectivity index (χ2v) is 7.60. The van der Waals surface area contributed by atoms with Gasteiger partial charge in [-0.3, -0.25) is 4.68 Å². The molecule has 1 fully saturated rings. The first kappa shape index (κ1) is 16.5. The SMILES string of the molecule is CC1CCCCN1CCCCNS(=O)(=O)c1cnn(C)c1. The Balaban J connectivity index is 1.67. The van der Waals surface area contributed by atoms with E-state index in [0.717, 1.165) is 19.4 Å². The zero-order chi connectivity index (χ0) is 15.3. The Kier molecular flexibility index (Phi) is 5.78. The summed E-state index contributed by atoms with van der Waals surface area (Å²) in [5.41, 5.74) is 0. The Hall–Kier alpha value is -0.920. The molecule has 1 aliphatic rings. The van der Waals surface area contributed by atoms with Gasteiger partial charge >= 0.3 is 0 Å². The van der Waals surface area contributed by atoms with Crippen LogP contribution in [-0.4, -0.2) is 48.8 Å². The lowest BCUT2D eigenvalue weighted by Gasteiger charge is -2.33. The third-order valence-electron chi connectivity index (χ3n) is 4.10. The van der Waals surface area contributed by atoms with Gasteiger partial charge in [0.05, 0.1) is 6.20 Å². The minimum absolute atomic E-state index is 0.231. The van der Waals surface area contributed by atoms with E-state index in [1.807, 2.05) is 0 Å². The second kappa shape index (κ2) is 7.38. The monoisotopic (exact) mass is 314 g/mol. The maximum atomic E-state index is 12.0. The summed E-state index contributed by atoms with van der Waals surface area (Å²) in [5, 5.41) is 3.89. The highest BCUT2D eigenvalue weighted by Crippen LogP contribution is 2.16. The summed E-state index contributed by atoms with van der Waals surface area (Å²) in [6.45, 7) is 5.02. The molecule has 1 unspecified atom stereocenters. The molecule has 7 heteroatoms. The summed E-state index contributed by atoms with van der Waals surface area (Å²) in [5.74, 6) is 0. The van der Waals surface area contributed by atoms with Crippen molar-refractivity contribution in [1.82, 2.24) is 19.4 Å². The molecule has 1 atom stereocenters. The molecule has 1 aromatic rings. The van der Waals surface area contributed by atoms with Gasteiger partial charge < -0.3 is 4.90 Å². The lowest BCUT2D eigenvalue weighted by atomic mass is 10.0. The van der Waals surface area contributed by atoms with Gasteiger partial charge in [0.1, 0.15) is 4.90 Å². The van der Waals surface area contributed by atoms with Gasteiger partial charge in [-0.05, 0) is 45.7 Å². The number of rotatable bonds is 7. The number of likely N-dealkylation sites (tertiary alicyclic amines) is 1. The second-order valence-electron chi connectivity index (χ2n) is 5.84. The Bertz CT molecular complexity index is 541. The average molecular weight is 314 g/mol. The van der Waals surface area contributed by atoms with Crippen molar-refractivity contribution < 1.29 is 8.42 Å². The molecule has 0 aromatic carbocycles. The van der Waals surface area contributed by atoms with Crippen LogP contribution in [0.4, 0.5) is 0 Å². The number of nitrogens with zero attached hydrogens (tertiary/aromatic N) is 3. The van der Waals surface area contributed by atoms with Crippen molar-refractivity contribution in [3.8, 4) is 0 Å².